The Balaban J connectivity index is 2.06. The van der Waals surface area contributed by atoms with Crippen LogP contribution in [0.15, 0.2) is 0 Å². The van der Waals surface area contributed by atoms with Gasteiger partial charge in [0.05, 0.1) is 0 Å². The minimum absolute atomic E-state index is 0.459. The number of hydrogen-bond acceptors (Lipinski definition) is 2. The van der Waals surface area contributed by atoms with E-state index in [4.69, 9.17) is 0 Å². The van der Waals surface area contributed by atoms with Crippen molar-refractivity contribution in [2.24, 2.45) is 5.92 Å². The largest absolute Gasteiger partial charge is 0.317 e. The van der Waals surface area contributed by atoms with Gasteiger partial charge in [-0.1, -0.05) is 6.92 Å². The van der Waals surface area contributed by atoms with Crippen LogP contribution in [0.3, 0.4) is 0 Å². The lowest BCUT2D eigenvalue weighted by atomic mass is 9.92. The average Bonchev–Trinajstić information content (AvgIpc) is 2.17. The fourth-order valence-corrected chi connectivity index (χ4v) is 1.94. The summed E-state index contributed by atoms with van der Waals surface area (Å²) in [6.45, 7) is 4.36. The van der Waals surface area contributed by atoms with Gasteiger partial charge in [0, 0.05) is 12.8 Å². The molecule has 0 unspecified atom stereocenters. The molecule has 1 aliphatic rings. The number of ketones is 1. The van der Waals surface area contributed by atoms with Crippen LogP contribution in [0, 0.1) is 5.92 Å². The first-order chi connectivity index (χ1) is 6.33. The first kappa shape index (κ1) is 10.7. The van der Waals surface area contributed by atoms with Crippen LogP contribution in [0.4, 0.5) is 0 Å². The molecule has 0 aliphatic carbocycles. The summed E-state index contributed by atoms with van der Waals surface area (Å²) in [5.41, 5.74) is 0. The molecule has 1 heterocycles. The van der Waals surface area contributed by atoms with Crippen LogP contribution in [-0.2, 0) is 4.79 Å². The lowest BCUT2D eigenvalue weighted by molar-refractivity contribution is -0.119. The van der Waals surface area contributed by atoms with Gasteiger partial charge in [0.2, 0.25) is 0 Å². The Labute approximate surface area is 81.1 Å². The Morgan fingerprint density at radius 2 is 2.00 bits per heavy atom. The minimum Gasteiger partial charge on any atom is -0.317 e. The predicted octanol–water partition coefficient (Wildman–Crippen LogP) is 2.14. The summed E-state index contributed by atoms with van der Waals surface area (Å²) in [5, 5.41) is 3.34. The van der Waals surface area contributed by atoms with Gasteiger partial charge in [0.1, 0.15) is 5.78 Å². The topological polar surface area (TPSA) is 29.1 Å². The SMILES string of the molecule is CCCC(=O)CCC1CCNCC1. The van der Waals surface area contributed by atoms with Crippen molar-refractivity contribution in [1.82, 2.24) is 5.32 Å². The van der Waals surface area contributed by atoms with Crippen molar-refractivity contribution >= 4 is 5.78 Å². The molecule has 0 atom stereocenters. The van der Waals surface area contributed by atoms with Crippen molar-refractivity contribution < 1.29 is 4.79 Å². The molecule has 0 aromatic heterocycles. The second-order valence-electron chi connectivity index (χ2n) is 4.02. The number of carbonyl (C=O) groups excluding carboxylic acids is 1. The summed E-state index contributed by atoms with van der Waals surface area (Å²) in [5.74, 6) is 1.27. The van der Waals surface area contributed by atoms with Crippen molar-refractivity contribution in [1.29, 1.82) is 0 Å². The van der Waals surface area contributed by atoms with Crippen LogP contribution in [0.1, 0.15) is 45.4 Å². The molecule has 0 bridgehead atoms. The molecular weight excluding hydrogens is 162 g/mol. The van der Waals surface area contributed by atoms with Crippen molar-refractivity contribution in [3.8, 4) is 0 Å². The summed E-state index contributed by atoms with van der Waals surface area (Å²) < 4.78 is 0. The zero-order chi connectivity index (χ0) is 9.52. The normalized spacial score (nSPS) is 18.8. The van der Waals surface area contributed by atoms with Crippen LogP contribution >= 0.6 is 0 Å². The van der Waals surface area contributed by atoms with E-state index in [-0.39, 0.29) is 0 Å². The maximum Gasteiger partial charge on any atom is 0.132 e. The molecule has 0 aromatic rings. The van der Waals surface area contributed by atoms with E-state index < -0.39 is 0 Å². The molecule has 76 valence electrons. The van der Waals surface area contributed by atoms with Gasteiger partial charge in [-0.05, 0) is 44.7 Å². The van der Waals surface area contributed by atoms with Gasteiger partial charge in [0.15, 0.2) is 0 Å². The summed E-state index contributed by atoms with van der Waals surface area (Å²) in [6.07, 6.45) is 6.26. The highest BCUT2D eigenvalue weighted by Gasteiger charge is 2.13. The molecule has 0 aromatic carbocycles. The smallest absolute Gasteiger partial charge is 0.132 e. The highest BCUT2D eigenvalue weighted by Crippen LogP contribution is 2.18. The Kier molecular flexibility index (Phi) is 5.06. The van der Waals surface area contributed by atoms with Gasteiger partial charge in [-0.15, -0.1) is 0 Å². The molecule has 1 fully saturated rings. The summed E-state index contributed by atoms with van der Waals surface area (Å²) in [4.78, 5) is 11.3. The molecule has 2 heteroatoms. The van der Waals surface area contributed by atoms with Crippen molar-refractivity contribution in [2.45, 2.75) is 45.4 Å². The predicted molar refractivity (Wildman–Crippen MR) is 54.7 cm³/mol. The van der Waals surface area contributed by atoms with Crippen molar-refractivity contribution in [3.05, 3.63) is 0 Å². The highest BCUT2D eigenvalue weighted by molar-refractivity contribution is 5.78. The van der Waals surface area contributed by atoms with Gasteiger partial charge < -0.3 is 5.32 Å². The van der Waals surface area contributed by atoms with E-state index in [1.165, 1.54) is 12.8 Å². The van der Waals surface area contributed by atoms with Gasteiger partial charge in [-0.25, -0.2) is 0 Å². The van der Waals surface area contributed by atoms with E-state index in [0.29, 0.717) is 5.78 Å². The summed E-state index contributed by atoms with van der Waals surface area (Å²) in [6, 6.07) is 0. The maximum absolute atomic E-state index is 11.3. The van der Waals surface area contributed by atoms with E-state index in [1.807, 2.05) is 0 Å². The second kappa shape index (κ2) is 6.14. The molecule has 0 radical (unpaired) electrons. The van der Waals surface area contributed by atoms with Crippen molar-refractivity contribution in [2.75, 3.05) is 13.1 Å². The Hall–Kier alpha value is -0.370. The van der Waals surface area contributed by atoms with E-state index in [0.717, 1.165) is 44.7 Å². The molecule has 0 amide bonds. The monoisotopic (exact) mass is 183 g/mol. The zero-order valence-corrected chi connectivity index (χ0v) is 8.64. The third-order valence-electron chi connectivity index (χ3n) is 2.82. The molecular formula is C11H21NO. The Bertz CT molecular complexity index is 150. The van der Waals surface area contributed by atoms with Crippen LogP contribution in [0.2, 0.25) is 0 Å². The fraction of sp³-hybridized carbons (Fsp3) is 0.909. The Morgan fingerprint density at radius 1 is 1.31 bits per heavy atom. The van der Waals surface area contributed by atoms with E-state index in [1.54, 1.807) is 0 Å². The third-order valence-corrected chi connectivity index (χ3v) is 2.82. The molecule has 1 rings (SSSR count). The number of Topliss-reactive ketones (excluding diaryl/α,β-unsaturated/α-hetero) is 1. The van der Waals surface area contributed by atoms with Gasteiger partial charge in [0.25, 0.3) is 0 Å². The molecule has 13 heavy (non-hydrogen) atoms. The molecule has 1 N–H and O–H groups in total. The maximum atomic E-state index is 11.3. The number of piperidine rings is 1. The number of nitrogens with one attached hydrogen (secondary N) is 1. The van der Waals surface area contributed by atoms with Crippen molar-refractivity contribution in [3.63, 3.8) is 0 Å². The molecule has 2 nitrogen and oxygen atoms in total. The second-order valence-corrected chi connectivity index (χ2v) is 4.02. The quantitative estimate of drug-likeness (QED) is 0.707. The standard InChI is InChI=1S/C11H21NO/c1-2-3-11(13)5-4-10-6-8-12-9-7-10/h10,12H,2-9H2,1H3. The molecule has 1 saturated heterocycles. The highest BCUT2D eigenvalue weighted by atomic mass is 16.1. The van der Waals surface area contributed by atoms with Gasteiger partial charge in [-0.3, -0.25) is 4.79 Å². The van der Waals surface area contributed by atoms with Gasteiger partial charge >= 0.3 is 0 Å². The zero-order valence-electron chi connectivity index (χ0n) is 8.64. The number of carbonyl (C=O) groups is 1. The van der Waals surface area contributed by atoms with E-state index in [2.05, 4.69) is 12.2 Å². The lowest BCUT2D eigenvalue weighted by Crippen LogP contribution is -2.27. The minimum atomic E-state index is 0.459. The molecule has 0 spiro atoms. The lowest BCUT2D eigenvalue weighted by Gasteiger charge is -2.21. The average molecular weight is 183 g/mol. The van der Waals surface area contributed by atoms with Crippen LogP contribution in [0.5, 0.6) is 0 Å². The summed E-state index contributed by atoms with van der Waals surface area (Å²) in [7, 11) is 0. The van der Waals surface area contributed by atoms with Gasteiger partial charge in [-0.2, -0.15) is 0 Å². The first-order valence-corrected chi connectivity index (χ1v) is 5.55. The fourth-order valence-electron chi connectivity index (χ4n) is 1.94. The van der Waals surface area contributed by atoms with E-state index >= 15 is 0 Å². The molecule has 0 saturated carbocycles. The summed E-state index contributed by atoms with van der Waals surface area (Å²) >= 11 is 0. The third kappa shape index (κ3) is 4.41. The Morgan fingerprint density at radius 3 is 2.62 bits per heavy atom. The first-order valence-electron chi connectivity index (χ1n) is 5.55. The number of hydrogen-bond donors (Lipinski definition) is 1. The van der Waals surface area contributed by atoms with Crippen LogP contribution < -0.4 is 5.32 Å². The van der Waals surface area contributed by atoms with Crippen LogP contribution in [-0.4, -0.2) is 18.9 Å². The number of rotatable bonds is 5. The molecule has 1 aliphatic heterocycles. The van der Waals surface area contributed by atoms with E-state index in [9.17, 15) is 4.79 Å². The van der Waals surface area contributed by atoms with Crippen LogP contribution in [0.25, 0.3) is 0 Å².